The van der Waals surface area contributed by atoms with Gasteiger partial charge in [-0.3, -0.25) is 4.79 Å². The maximum absolute atomic E-state index is 11.3. The first-order chi connectivity index (χ1) is 7.09. The summed E-state index contributed by atoms with van der Waals surface area (Å²) in [5.74, 6) is -1.52. The number of rotatable bonds is 4. The normalized spacial score (nSPS) is 9.60. The molecular weight excluding hydrogens is 198 g/mol. The van der Waals surface area contributed by atoms with Gasteiger partial charge in [0.05, 0.1) is 0 Å². The summed E-state index contributed by atoms with van der Waals surface area (Å²) in [6.07, 6.45) is -0.218. The number of hydrogen-bond acceptors (Lipinski definition) is 4. The van der Waals surface area contributed by atoms with Gasteiger partial charge >= 0.3 is 0 Å². The van der Waals surface area contributed by atoms with Crippen LogP contribution in [0.1, 0.15) is 16.8 Å². The Hall–Kier alpha value is -2.04. The zero-order chi connectivity index (χ0) is 11.3. The lowest BCUT2D eigenvalue weighted by Gasteiger charge is -2.05. The molecule has 0 atom stereocenters. The number of carbonyl (C=O) groups excluding carboxylic acids is 2. The molecule has 0 radical (unpaired) electrons. The van der Waals surface area contributed by atoms with Crippen LogP contribution in [0.5, 0.6) is 5.75 Å². The maximum Gasteiger partial charge on any atom is 0.251 e. The second-order valence-corrected chi connectivity index (χ2v) is 2.92. The van der Waals surface area contributed by atoms with E-state index in [1.54, 1.807) is 0 Å². The first-order valence-corrected chi connectivity index (χ1v) is 4.36. The third-order valence-corrected chi connectivity index (χ3v) is 1.74. The van der Waals surface area contributed by atoms with Crippen LogP contribution in [0.15, 0.2) is 24.3 Å². The Kier molecular flexibility index (Phi) is 3.68. The van der Waals surface area contributed by atoms with Crippen molar-refractivity contribution in [1.82, 2.24) is 5.32 Å². The van der Waals surface area contributed by atoms with E-state index < -0.39 is 5.97 Å². The summed E-state index contributed by atoms with van der Waals surface area (Å²) in [6, 6.07) is 5.66. The van der Waals surface area contributed by atoms with Gasteiger partial charge in [-0.05, 0) is 24.3 Å². The Morgan fingerprint density at radius 2 is 1.87 bits per heavy atom. The molecule has 5 nitrogen and oxygen atoms in total. The second-order valence-electron chi connectivity index (χ2n) is 2.92. The number of carboxylic acid groups (broad SMARTS) is 1. The molecule has 0 bridgehead atoms. The topological polar surface area (TPSA) is 89.5 Å². The molecule has 2 N–H and O–H groups in total. The molecule has 1 rings (SSSR count). The number of carbonyl (C=O) groups is 2. The molecule has 15 heavy (non-hydrogen) atoms. The molecular formula is C10H10NO4-. The lowest BCUT2D eigenvalue weighted by atomic mass is 10.2. The fraction of sp³-hybridized carbons (Fsp3) is 0.200. The van der Waals surface area contributed by atoms with Crippen molar-refractivity contribution in [2.24, 2.45) is 0 Å². The monoisotopic (exact) mass is 208 g/mol. The molecule has 5 heteroatoms. The number of carboxylic acids is 1. The van der Waals surface area contributed by atoms with E-state index >= 15 is 0 Å². The van der Waals surface area contributed by atoms with Gasteiger partial charge in [-0.25, -0.2) is 0 Å². The number of phenolic OH excluding ortho intramolecular Hbond substituents is 1. The van der Waals surface area contributed by atoms with E-state index in [-0.39, 0.29) is 24.6 Å². The van der Waals surface area contributed by atoms with Crippen molar-refractivity contribution in [1.29, 1.82) is 0 Å². The van der Waals surface area contributed by atoms with Gasteiger partial charge in [0.1, 0.15) is 5.75 Å². The Labute approximate surface area is 86.4 Å². The average molecular weight is 208 g/mol. The van der Waals surface area contributed by atoms with Gasteiger partial charge in [-0.1, -0.05) is 0 Å². The summed E-state index contributed by atoms with van der Waals surface area (Å²) in [6.45, 7) is 0.0298. The Morgan fingerprint density at radius 1 is 1.27 bits per heavy atom. The highest BCUT2D eigenvalue weighted by atomic mass is 16.4. The number of amides is 1. The smallest absolute Gasteiger partial charge is 0.251 e. The Balaban J connectivity index is 2.47. The second kappa shape index (κ2) is 4.99. The number of hydrogen-bond donors (Lipinski definition) is 2. The summed E-state index contributed by atoms with van der Waals surface area (Å²) >= 11 is 0. The lowest BCUT2D eigenvalue weighted by molar-refractivity contribution is -0.305. The van der Waals surface area contributed by atoms with Crippen LogP contribution in [0.2, 0.25) is 0 Å². The van der Waals surface area contributed by atoms with Crippen molar-refractivity contribution in [3.05, 3.63) is 29.8 Å². The van der Waals surface area contributed by atoms with Crippen LogP contribution in [0.4, 0.5) is 0 Å². The average Bonchev–Trinajstić information content (AvgIpc) is 2.18. The minimum atomic E-state index is -1.21. The summed E-state index contributed by atoms with van der Waals surface area (Å²) in [5.41, 5.74) is 0.367. The predicted octanol–water partition coefficient (Wildman–Crippen LogP) is -0.738. The van der Waals surface area contributed by atoms with E-state index in [4.69, 9.17) is 5.11 Å². The van der Waals surface area contributed by atoms with E-state index in [0.717, 1.165) is 0 Å². The lowest BCUT2D eigenvalue weighted by Crippen LogP contribution is -2.30. The first-order valence-electron chi connectivity index (χ1n) is 4.36. The number of nitrogens with one attached hydrogen (secondary N) is 1. The Bertz CT molecular complexity index is 358. The number of aliphatic carboxylic acids is 1. The minimum absolute atomic E-state index is 0.0298. The summed E-state index contributed by atoms with van der Waals surface area (Å²) < 4.78 is 0. The zero-order valence-electron chi connectivity index (χ0n) is 7.90. The van der Waals surface area contributed by atoms with Crippen LogP contribution in [0.25, 0.3) is 0 Å². The van der Waals surface area contributed by atoms with Crippen LogP contribution < -0.4 is 10.4 Å². The van der Waals surface area contributed by atoms with Crippen LogP contribution in [-0.4, -0.2) is 23.5 Å². The largest absolute Gasteiger partial charge is 0.550 e. The molecule has 0 aromatic heterocycles. The molecule has 0 unspecified atom stereocenters. The van der Waals surface area contributed by atoms with E-state index in [1.165, 1.54) is 24.3 Å². The Morgan fingerprint density at radius 3 is 2.40 bits per heavy atom. The fourth-order valence-electron chi connectivity index (χ4n) is 0.993. The minimum Gasteiger partial charge on any atom is -0.550 e. The van der Waals surface area contributed by atoms with E-state index in [2.05, 4.69) is 5.32 Å². The van der Waals surface area contributed by atoms with E-state index in [9.17, 15) is 14.7 Å². The zero-order valence-corrected chi connectivity index (χ0v) is 7.90. The highest BCUT2D eigenvalue weighted by Gasteiger charge is 2.03. The van der Waals surface area contributed by atoms with Gasteiger partial charge in [0, 0.05) is 24.5 Å². The van der Waals surface area contributed by atoms with Gasteiger partial charge in [-0.2, -0.15) is 0 Å². The molecule has 0 aliphatic heterocycles. The van der Waals surface area contributed by atoms with Gasteiger partial charge in [-0.15, -0.1) is 0 Å². The van der Waals surface area contributed by atoms with Crippen LogP contribution in [0.3, 0.4) is 0 Å². The molecule has 0 saturated carbocycles. The van der Waals surface area contributed by atoms with Crippen molar-refractivity contribution in [2.75, 3.05) is 6.54 Å². The standard InChI is InChI=1S/C10H11NO4/c12-8-3-1-7(2-4-8)10(15)11-6-5-9(13)14/h1-4,12H,5-6H2,(H,11,15)(H,13,14)/p-1. The molecule has 1 aromatic carbocycles. The van der Waals surface area contributed by atoms with E-state index in [0.29, 0.717) is 5.56 Å². The van der Waals surface area contributed by atoms with Gasteiger partial charge in [0.25, 0.3) is 5.91 Å². The van der Waals surface area contributed by atoms with E-state index in [1.807, 2.05) is 0 Å². The predicted molar refractivity (Wildman–Crippen MR) is 50.1 cm³/mol. The molecule has 80 valence electrons. The van der Waals surface area contributed by atoms with Crippen molar-refractivity contribution in [3.8, 4) is 5.75 Å². The summed E-state index contributed by atoms with van der Waals surface area (Å²) in [7, 11) is 0. The number of phenols is 1. The molecule has 1 amide bonds. The molecule has 0 aliphatic rings. The van der Waals surface area contributed by atoms with Gasteiger partial charge < -0.3 is 20.3 Å². The summed E-state index contributed by atoms with van der Waals surface area (Å²) in [5, 5.41) is 21.4. The van der Waals surface area contributed by atoms with Crippen LogP contribution in [0, 0.1) is 0 Å². The SMILES string of the molecule is O=C([O-])CCNC(=O)c1ccc(O)cc1. The maximum atomic E-state index is 11.3. The molecule has 0 aliphatic carbocycles. The van der Waals surface area contributed by atoms with Crippen molar-refractivity contribution < 1.29 is 19.8 Å². The van der Waals surface area contributed by atoms with Crippen molar-refractivity contribution >= 4 is 11.9 Å². The summed E-state index contributed by atoms with van der Waals surface area (Å²) in [4.78, 5) is 21.4. The van der Waals surface area contributed by atoms with Gasteiger partial charge in [0.15, 0.2) is 0 Å². The quantitative estimate of drug-likeness (QED) is 0.682. The van der Waals surface area contributed by atoms with Gasteiger partial charge in [0.2, 0.25) is 0 Å². The molecule has 0 spiro atoms. The molecule has 1 aromatic rings. The molecule has 0 fully saturated rings. The molecule has 0 saturated heterocycles. The first kappa shape index (κ1) is 11.0. The highest BCUT2D eigenvalue weighted by Crippen LogP contribution is 2.09. The van der Waals surface area contributed by atoms with Crippen LogP contribution in [-0.2, 0) is 4.79 Å². The number of aromatic hydroxyl groups is 1. The molecule has 0 heterocycles. The fourth-order valence-corrected chi connectivity index (χ4v) is 0.993. The van der Waals surface area contributed by atoms with Crippen molar-refractivity contribution in [3.63, 3.8) is 0 Å². The van der Waals surface area contributed by atoms with Crippen LogP contribution >= 0.6 is 0 Å². The van der Waals surface area contributed by atoms with Crippen molar-refractivity contribution in [2.45, 2.75) is 6.42 Å². The number of benzene rings is 1. The highest BCUT2D eigenvalue weighted by molar-refractivity contribution is 5.94. The third kappa shape index (κ3) is 3.68. The third-order valence-electron chi connectivity index (χ3n) is 1.74.